The first-order valence-corrected chi connectivity index (χ1v) is 17.7. The highest BCUT2D eigenvalue weighted by Crippen LogP contribution is 2.47. The van der Waals surface area contributed by atoms with Gasteiger partial charge >= 0.3 is 0 Å². The molecule has 12 rings (SSSR count). The first-order valence-electron chi connectivity index (χ1n) is 17.7. The standard InChI is InChI=1S/C50H28O/c1-3-10-37-29(6-1)12-13-33-16-17-35-28-36(21-22-38(35)46(33)37)39-26-27-43(50-48(39)44-25-18-30-7-2-4-11-40(30)49(44)51-50)41-23-19-34-15-14-31-8-5-9-32-20-24-42(41)47(34)45(31)32/h1-28H. The third-order valence-electron chi connectivity index (χ3n) is 11.4. The molecule has 0 bridgehead atoms. The predicted molar refractivity (Wildman–Crippen MR) is 218 cm³/mol. The highest BCUT2D eigenvalue weighted by Gasteiger charge is 2.21. The van der Waals surface area contributed by atoms with E-state index in [1.807, 2.05) is 0 Å². The third-order valence-corrected chi connectivity index (χ3v) is 11.4. The number of rotatable bonds is 2. The second-order valence-electron chi connectivity index (χ2n) is 14.0. The lowest BCUT2D eigenvalue weighted by Crippen LogP contribution is -1.89. The summed E-state index contributed by atoms with van der Waals surface area (Å²) >= 11 is 0. The van der Waals surface area contributed by atoms with Gasteiger partial charge in [0, 0.05) is 21.7 Å². The fraction of sp³-hybridized carbons (Fsp3) is 0. The van der Waals surface area contributed by atoms with E-state index in [2.05, 4.69) is 170 Å². The zero-order chi connectivity index (χ0) is 33.2. The van der Waals surface area contributed by atoms with Crippen molar-refractivity contribution in [3.8, 4) is 22.3 Å². The lowest BCUT2D eigenvalue weighted by atomic mass is 9.88. The van der Waals surface area contributed by atoms with Crippen LogP contribution in [0, 0.1) is 0 Å². The molecule has 1 heteroatoms. The molecule has 1 nitrogen and oxygen atoms in total. The summed E-state index contributed by atoms with van der Waals surface area (Å²) < 4.78 is 7.10. The van der Waals surface area contributed by atoms with E-state index >= 15 is 0 Å². The Kier molecular flexibility index (Phi) is 5.29. The number of fused-ring (bicyclic) bond motifs is 10. The fourth-order valence-electron chi connectivity index (χ4n) is 9.03. The van der Waals surface area contributed by atoms with E-state index in [9.17, 15) is 0 Å². The van der Waals surface area contributed by atoms with Crippen LogP contribution >= 0.6 is 0 Å². The largest absolute Gasteiger partial charge is 0.455 e. The van der Waals surface area contributed by atoms with Crippen LogP contribution in [-0.2, 0) is 0 Å². The Balaban J connectivity index is 1.17. The van der Waals surface area contributed by atoms with Crippen LogP contribution in [-0.4, -0.2) is 0 Å². The van der Waals surface area contributed by atoms with Gasteiger partial charge in [-0.2, -0.15) is 0 Å². The Labute approximate surface area is 292 Å². The lowest BCUT2D eigenvalue weighted by Gasteiger charge is -2.15. The van der Waals surface area contributed by atoms with Gasteiger partial charge in [0.2, 0.25) is 0 Å². The fourth-order valence-corrected chi connectivity index (χ4v) is 9.03. The van der Waals surface area contributed by atoms with Crippen LogP contribution in [0.3, 0.4) is 0 Å². The van der Waals surface area contributed by atoms with Gasteiger partial charge in [0.05, 0.1) is 0 Å². The van der Waals surface area contributed by atoms with Gasteiger partial charge in [-0.05, 0) is 105 Å². The van der Waals surface area contributed by atoms with Crippen LogP contribution in [0.25, 0.3) is 120 Å². The van der Waals surface area contributed by atoms with Crippen LogP contribution < -0.4 is 0 Å². The SMILES string of the molecule is c1ccc2c(c1)ccc1c2oc2c(-c3ccc4ccc5cccc6ccc3c4c56)ccc(-c3ccc4c(ccc5ccc6ccccc6c54)c3)c21. The summed E-state index contributed by atoms with van der Waals surface area (Å²) in [5.74, 6) is 0. The summed E-state index contributed by atoms with van der Waals surface area (Å²) in [6, 6.07) is 62.6. The maximum Gasteiger partial charge on any atom is 0.143 e. The molecule has 0 spiro atoms. The molecular formula is C50H28O. The molecule has 51 heavy (non-hydrogen) atoms. The van der Waals surface area contributed by atoms with E-state index in [1.54, 1.807) is 0 Å². The molecule has 0 aliphatic heterocycles. The van der Waals surface area contributed by atoms with E-state index in [-0.39, 0.29) is 0 Å². The van der Waals surface area contributed by atoms with Crippen molar-refractivity contribution in [3.63, 3.8) is 0 Å². The molecule has 0 unspecified atom stereocenters. The molecule has 1 heterocycles. The normalized spacial score (nSPS) is 12.3. The summed E-state index contributed by atoms with van der Waals surface area (Å²) in [5.41, 5.74) is 6.54. The minimum Gasteiger partial charge on any atom is -0.455 e. The Hall–Kier alpha value is -6.70. The number of benzene rings is 11. The molecule has 12 aromatic rings. The second-order valence-corrected chi connectivity index (χ2v) is 14.0. The van der Waals surface area contributed by atoms with Crippen molar-refractivity contribution in [3.05, 3.63) is 170 Å². The van der Waals surface area contributed by atoms with Crippen LogP contribution in [0.2, 0.25) is 0 Å². The highest BCUT2D eigenvalue weighted by molar-refractivity contribution is 6.28. The molecule has 0 amide bonds. The highest BCUT2D eigenvalue weighted by atomic mass is 16.3. The third kappa shape index (κ3) is 3.70. The summed E-state index contributed by atoms with van der Waals surface area (Å²) in [5, 5.41) is 20.0. The number of furan rings is 1. The molecule has 0 aliphatic rings. The molecule has 1 aromatic heterocycles. The van der Waals surface area contributed by atoms with Crippen molar-refractivity contribution >= 4 is 97.3 Å². The van der Waals surface area contributed by atoms with Gasteiger partial charge in [0.1, 0.15) is 11.2 Å². The van der Waals surface area contributed by atoms with Crippen LogP contribution in [0.1, 0.15) is 0 Å². The Morgan fingerprint density at radius 2 is 0.784 bits per heavy atom. The van der Waals surface area contributed by atoms with Crippen molar-refractivity contribution < 1.29 is 4.42 Å². The van der Waals surface area contributed by atoms with Crippen molar-refractivity contribution in [1.82, 2.24) is 0 Å². The molecule has 0 saturated carbocycles. The summed E-state index contributed by atoms with van der Waals surface area (Å²) in [4.78, 5) is 0. The van der Waals surface area contributed by atoms with Crippen molar-refractivity contribution in [2.45, 2.75) is 0 Å². The molecule has 0 atom stereocenters. The minimum atomic E-state index is 0.929. The molecule has 11 aromatic carbocycles. The number of hydrogen-bond acceptors (Lipinski definition) is 1. The van der Waals surface area contributed by atoms with Crippen LogP contribution in [0.5, 0.6) is 0 Å². The van der Waals surface area contributed by atoms with Gasteiger partial charge in [-0.25, -0.2) is 0 Å². The molecule has 0 N–H and O–H groups in total. The molecule has 0 saturated heterocycles. The smallest absolute Gasteiger partial charge is 0.143 e. The second kappa shape index (κ2) is 9.94. The van der Waals surface area contributed by atoms with Gasteiger partial charge in [-0.1, -0.05) is 152 Å². The Morgan fingerprint density at radius 1 is 0.255 bits per heavy atom. The van der Waals surface area contributed by atoms with E-state index in [0.717, 1.165) is 32.9 Å². The monoisotopic (exact) mass is 644 g/mol. The summed E-state index contributed by atoms with van der Waals surface area (Å²) in [6.45, 7) is 0. The van der Waals surface area contributed by atoms with Crippen molar-refractivity contribution in [2.75, 3.05) is 0 Å². The van der Waals surface area contributed by atoms with Crippen LogP contribution in [0.15, 0.2) is 174 Å². The van der Waals surface area contributed by atoms with Gasteiger partial charge in [-0.3, -0.25) is 0 Å². The molecule has 0 aliphatic carbocycles. The van der Waals surface area contributed by atoms with E-state index < -0.39 is 0 Å². The van der Waals surface area contributed by atoms with Gasteiger partial charge in [-0.15, -0.1) is 0 Å². The van der Waals surface area contributed by atoms with Crippen molar-refractivity contribution in [1.29, 1.82) is 0 Å². The van der Waals surface area contributed by atoms with Gasteiger partial charge in [0.15, 0.2) is 0 Å². The molecule has 234 valence electrons. The van der Waals surface area contributed by atoms with Crippen molar-refractivity contribution in [2.24, 2.45) is 0 Å². The van der Waals surface area contributed by atoms with Gasteiger partial charge in [0.25, 0.3) is 0 Å². The lowest BCUT2D eigenvalue weighted by molar-refractivity contribution is 0.674. The average molecular weight is 645 g/mol. The topological polar surface area (TPSA) is 13.1 Å². The number of hydrogen-bond donors (Lipinski definition) is 0. The Bertz CT molecular complexity index is 3400. The summed E-state index contributed by atoms with van der Waals surface area (Å²) in [7, 11) is 0. The molecular weight excluding hydrogens is 617 g/mol. The van der Waals surface area contributed by atoms with E-state index in [0.29, 0.717) is 0 Å². The first-order chi connectivity index (χ1) is 25.3. The molecule has 0 radical (unpaired) electrons. The van der Waals surface area contributed by atoms with Gasteiger partial charge < -0.3 is 4.42 Å². The average Bonchev–Trinajstić information content (AvgIpc) is 3.60. The zero-order valence-corrected chi connectivity index (χ0v) is 27.6. The zero-order valence-electron chi connectivity index (χ0n) is 27.6. The Morgan fingerprint density at radius 3 is 1.63 bits per heavy atom. The van der Waals surface area contributed by atoms with E-state index in [1.165, 1.54) is 86.7 Å². The summed E-state index contributed by atoms with van der Waals surface area (Å²) in [6.07, 6.45) is 0. The maximum absolute atomic E-state index is 7.10. The quantitative estimate of drug-likeness (QED) is 0.171. The van der Waals surface area contributed by atoms with E-state index in [4.69, 9.17) is 4.42 Å². The van der Waals surface area contributed by atoms with Crippen LogP contribution in [0.4, 0.5) is 0 Å². The predicted octanol–water partition coefficient (Wildman–Crippen LogP) is 14.4. The first kappa shape index (κ1) is 27.2. The minimum absolute atomic E-state index is 0.929. The maximum atomic E-state index is 7.10. The molecule has 0 fully saturated rings.